The van der Waals surface area contributed by atoms with E-state index < -0.39 is 4.92 Å². The van der Waals surface area contributed by atoms with Crippen molar-refractivity contribution in [2.75, 3.05) is 6.61 Å². The van der Waals surface area contributed by atoms with E-state index in [9.17, 15) is 10.1 Å². The number of nitro groups is 1. The zero-order valence-corrected chi connectivity index (χ0v) is 14.0. The lowest BCUT2D eigenvalue weighted by molar-refractivity contribution is -0.384. The fourth-order valence-electron chi connectivity index (χ4n) is 1.98. The number of non-ortho nitro benzene ring substituents is 1. The summed E-state index contributed by atoms with van der Waals surface area (Å²) in [4.78, 5) is 11.7. The van der Waals surface area contributed by atoms with Gasteiger partial charge in [0.15, 0.2) is 0 Å². The monoisotopic (exact) mass is 389 g/mol. The van der Waals surface area contributed by atoms with Gasteiger partial charge < -0.3 is 4.74 Å². The predicted molar refractivity (Wildman–Crippen MR) is 89.5 cm³/mol. The second-order valence-corrected chi connectivity index (χ2v) is 5.73. The van der Waals surface area contributed by atoms with E-state index in [0.717, 1.165) is 10.0 Å². The first-order valence-corrected chi connectivity index (χ1v) is 7.82. The zero-order chi connectivity index (χ0) is 16.9. The van der Waals surface area contributed by atoms with E-state index in [1.807, 2.05) is 24.3 Å². The number of benzene rings is 2. The Morgan fingerprint density at radius 2 is 2.00 bits per heavy atom. The third kappa shape index (κ3) is 3.93. The van der Waals surface area contributed by atoms with Crippen LogP contribution < -0.4 is 4.74 Å². The minimum Gasteiger partial charge on any atom is -0.491 e. The fraction of sp³-hybridized carbons (Fsp3) is 0.133. The molecule has 0 fully saturated rings. The molecule has 0 spiro atoms. The van der Waals surface area contributed by atoms with Gasteiger partial charge in [-0.2, -0.15) is 4.80 Å². The SMILES string of the molecule is O=[N+]([O-])c1cccc(OCCn2nnc(-c3ccc(Br)cc3)n2)c1. The maximum atomic E-state index is 10.7. The molecule has 3 rings (SSSR count). The van der Waals surface area contributed by atoms with Crippen molar-refractivity contribution in [2.24, 2.45) is 0 Å². The number of hydrogen-bond donors (Lipinski definition) is 0. The maximum absolute atomic E-state index is 10.7. The molecule has 2 aromatic carbocycles. The predicted octanol–water partition coefficient (Wildman–Crippen LogP) is 3.09. The van der Waals surface area contributed by atoms with E-state index in [0.29, 0.717) is 18.1 Å². The van der Waals surface area contributed by atoms with Crippen LogP contribution in [0.3, 0.4) is 0 Å². The minimum absolute atomic E-state index is 0.0103. The van der Waals surface area contributed by atoms with E-state index in [4.69, 9.17) is 4.74 Å². The van der Waals surface area contributed by atoms with Crippen molar-refractivity contribution in [3.63, 3.8) is 0 Å². The number of ether oxygens (including phenoxy) is 1. The second kappa shape index (κ2) is 7.18. The van der Waals surface area contributed by atoms with E-state index in [2.05, 4.69) is 31.3 Å². The first kappa shape index (κ1) is 16.1. The Bertz CT molecular complexity index is 850. The summed E-state index contributed by atoms with van der Waals surface area (Å²) in [5.41, 5.74) is 0.855. The van der Waals surface area contributed by atoms with E-state index in [1.165, 1.54) is 16.9 Å². The van der Waals surface area contributed by atoms with Crippen LogP contribution in [-0.2, 0) is 6.54 Å². The average Bonchev–Trinajstić information content (AvgIpc) is 3.05. The van der Waals surface area contributed by atoms with Gasteiger partial charge >= 0.3 is 0 Å². The van der Waals surface area contributed by atoms with Gasteiger partial charge in [0.05, 0.1) is 17.5 Å². The van der Waals surface area contributed by atoms with Gasteiger partial charge in [0, 0.05) is 16.1 Å². The lowest BCUT2D eigenvalue weighted by Gasteiger charge is -2.04. The highest BCUT2D eigenvalue weighted by molar-refractivity contribution is 9.10. The molecule has 3 aromatic rings. The molecule has 8 nitrogen and oxygen atoms in total. The summed E-state index contributed by atoms with van der Waals surface area (Å²) in [6, 6.07) is 13.6. The Hall–Kier alpha value is -2.81. The van der Waals surface area contributed by atoms with Gasteiger partial charge in [0.2, 0.25) is 5.82 Å². The largest absolute Gasteiger partial charge is 0.491 e. The van der Waals surface area contributed by atoms with Gasteiger partial charge in [0.25, 0.3) is 5.69 Å². The summed E-state index contributed by atoms with van der Waals surface area (Å²) in [5, 5.41) is 23.0. The number of halogens is 1. The fourth-order valence-corrected chi connectivity index (χ4v) is 2.25. The zero-order valence-electron chi connectivity index (χ0n) is 12.4. The van der Waals surface area contributed by atoms with Crippen molar-refractivity contribution in [3.8, 4) is 17.1 Å². The summed E-state index contributed by atoms with van der Waals surface area (Å²) < 4.78 is 6.47. The van der Waals surface area contributed by atoms with Crippen LogP contribution in [0.1, 0.15) is 0 Å². The molecule has 0 N–H and O–H groups in total. The van der Waals surface area contributed by atoms with Crippen LogP contribution in [0.15, 0.2) is 53.0 Å². The molecule has 0 atom stereocenters. The number of rotatable bonds is 6. The van der Waals surface area contributed by atoms with Crippen LogP contribution in [0.2, 0.25) is 0 Å². The van der Waals surface area contributed by atoms with Gasteiger partial charge in [-0.05, 0) is 35.5 Å². The van der Waals surface area contributed by atoms with Crippen molar-refractivity contribution in [1.29, 1.82) is 0 Å². The van der Waals surface area contributed by atoms with E-state index in [-0.39, 0.29) is 12.3 Å². The first-order chi connectivity index (χ1) is 11.6. The molecule has 24 heavy (non-hydrogen) atoms. The van der Waals surface area contributed by atoms with Gasteiger partial charge in [0.1, 0.15) is 12.4 Å². The van der Waals surface area contributed by atoms with Gasteiger partial charge in [-0.1, -0.05) is 22.0 Å². The lowest BCUT2D eigenvalue weighted by atomic mass is 10.2. The Morgan fingerprint density at radius 3 is 2.75 bits per heavy atom. The van der Waals surface area contributed by atoms with E-state index in [1.54, 1.807) is 12.1 Å². The molecule has 0 unspecified atom stereocenters. The molecule has 122 valence electrons. The van der Waals surface area contributed by atoms with Gasteiger partial charge in [-0.3, -0.25) is 10.1 Å². The van der Waals surface area contributed by atoms with Crippen LogP contribution in [0, 0.1) is 10.1 Å². The topological polar surface area (TPSA) is 96.0 Å². The normalized spacial score (nSPS) is 10.5. The molecule has 0 aliphatic rings. The Labute approximate surface area is 145 Å². The summed E-state index contributed by atoms with van der Waals surface area (Å²) in [6.07, 6.45) is 0. The smallest absolute Gasteiger partial charge is 0.273 e. The maximum Gasteiger partial charge on any atom is 0.273 e. The number of hydrogen-bond acceptors (Lipinski definition) is 6. The minimum atomic E-state index is -0.462. The third-order valence-electron chi connectivity index (χ3n) is 3.14. The lowest BCUT2D eigenvalue weighted by Crippen LogP contribution is -2.11. The molecular formula is C15H12BrN5O3. The van der Waals surface area contributed by atoms with Gasteiger partial charge in [-0.15, -0.1) is 10.2 Å². The molecule has 0 aliphatic carbocycles. The molecule has 1 heterocycles. The number of nitro benzene ring substituents is 1. The molecule has 0 radical (unpaired) electrons. The number of aromatic nitrogens is 4. The number of tetrazole rings is 1. The van der Waals surface area contributed by atoms with Crippen LogP contribution in [0.4, 0.5) is 5.69 Å². The Balaban J connectivity index is 1.59. The molecule has 0 saturated heterocycles. The van der Waals surface area contributed by atoms with Crippen molar-refractivity contribution >= 4 is 21.6 Å². The summed E-state index contributed by atoms with van der Waals surface area (Å²) in [7, 11) is 0. The highest BCUT2D eigenvalue weighted by Gasteiger charge is 2.08. The quantitative estimate of drug-likeness (QED) is 0.474. The standard InChI is InChI=1S/C15H12BrN5O3/c16-12-6-4-11(5-7-12)15-17-19-20(18-15)8-9-24-14-3-1-2-13(10-14)21(22)23/h1-7,10H,8-9H2. The van der Waals surface area contributed by atoms with Crippen molar-refractivity contribution in [1.82, 2.24) is 20.2 Å². The van der Waals surface area contributed by atoms with Crippen molar-refractivity contribution in [2.45, 2.75) is 6.54 Å². The highest BCUT2D eigenvalue weighted by atomic mass is 79.9. The highest BCUT2D eigenvalue weighted by Crippen LogP contribution is 2.19. The average molecular weight is 390 g/mol. The molecule has 1 aromatic heterocycles. The molecule has 0 amide bonds. The third-order valence-corrected chi connectivity index (χ3v) is 3.67. The Kier molecular flexibility index (Phi) is 4.80. The first-order valence-electron chi connectivity index (χ1n) is 7.03. The summed E-state index contributed by atoms with van der Waals surface area (Å²) >= 11 is 3.37. The Morgan fingerprint density at radius 1 is 1.21 bits per heavy atom. The van der Waals surface area contributed by atoms with E-state index >= 15 is 0 Å². The van der Waals surface area contributed by atoms with Crippen LogP contribution in [0.5, 0.6) is 5.75 Å². The summed E-state index contributed by atoms with van der Waals surface area (Å²) in [6.45, 7) is 0.656. The molecular weight excluding hydrogens is 378 g/mol. The summed E-state index contributed by atoms with van der Waals surface area (Å²) in [5.74, 6) is 0.954. The number of nitrogens with zero attached hydrogens (tertiary/aromatic N) is 5. The molecule has 0 aliphatic heterocycles. The van der Waals surface area contributed by atoms with Gasteiger partial charge in [-0.25, -0.2) is 0 Å². The molecule has 0 bridgehead atoms. The second-order valence-electron chi connectivity index (χ2n) is 4.82. The van der Waals surface area contributed by atoms with Crippen LogP contribution in [-0.4, -0.2) is 31.7 Å². The molecule has 0 saturated carbocycles. The van der Waals surface area contributed by atoms with Crippen molar-refractivity contribution < 1.29 is 9.66 Å². The molecule has 9 heteroatoms. The van der Waals surface area contributed by atoms with Crippen LogP contribution >= 0.6 is 15.9 Å². The van der Waals surface area contributed by atoms with Crippen LogP contribution in [0.25, 0.3) is 11.4 Å². The van der Waals surface area contributed by atoms with Crippen molar-refractivity contribution in [3.05, 3.63) is 63.1 Å².